The van der Waals surface area contributed by atoms with E-state index in [1.807, 2.05) is 32.9 Å². The van der Waals surface area contributed by atoms with E-state index < -0.39 is 5.97 Å². The van der Waals surface area contributed by atoms with Crippen LogP contribution in [0, 0.1) is 0 Å². The molecule has 0 aliphatic carbocycles. The largest absolute Gasteiger partial charge is 0.466 e. The fourth-order valence-electron chi connectivity index (χ4n) is 2.47. The molecule has 0 saturated carbocycles. The molecule has 6 heteroatoms. The molecule has 1 aromatic rings. The minimum atomic E-state index is -0.496. The molecule has 6 nitrogen and oxygen atoms in total. The number of hydrogen-bond donors (Lipinski definition) is 0. The molecule has 0 atom stereocenters. The summed E-state index contributed by atoms with van der Waals surface area (Å²) in [7, 11) is 1.68. The molecular formula is C21H33NO5. The lowest BCUT2D eigenvalue weighted by molar-refractivity contribution is -0.142. The lowest BCUT2D eigenvalue weighted by atomic mass is 9.97. The van der Waals surface area contributed by atoms with Gasteiger partial charge in [0.05, 0.1) is 6.61 Å². The number of carbonyl (C=O) groups excluding carboxylic acids is 3. The fraction of sp³-hybridized carbons (Fsp3) is 0.571. The van der Waals surface area contributed by atoms with Crippen LogP contribution in [-0.2, 0) is 31.9 Å². The van der Waals surface area contributed by atoms with Crippen molar-refractivity contribution in [3.05, 3.63) is 34.9 Å². The highest BCUT2D eigenvalue weighted by atomic mass is 16.5. The van der Waals surface area contributed by atoms with E-state index in [2.05, 4.69) is 4.74 Å². The maximum atomic E-state index is 12.1. The zero-order valence-corrected chi connectivity index (χ0v) is 17.2. The van der Waals surface area contributed by atoms with Crippen molar-refractivity contribution >= 4 is 18.2 Å². The monoisotopic (exact) mass is 379 g/mol. The number of amides is 1. The predicted octanol–water partition coefficient (Wildman–Crippen LogP) is 3.06. The molecule has 0 aromatic heterocycles. The van der Waals surface area contributed by atoms with E-state index in [1.165, 1.54) is 0 Å². The van der Waals surface area contributed by atoms with Gasteiger partial charge in [-0.1, -0.05) is 26.0 Å². The summed E-state index contributed by atoms with van der Waals surface area (Å²) in [4.78, 5) is 36.0. The Morgan fingerprint density at radius 1 is 1.07 bits per heavy atom. The van der Waals surface area contributed by atoms with Crippen LogP contribution in [0.15, 0.2) is 18.2 Å². The molecule has 0 spiro atoms. The number of fused-ring (bicyclic) bond motifs is 1. The summed E-state index contributed by atoms with van der Waals surface area (Å²) in [5, 5.41) is 0. The lowest BCUT2D eigenvalue weighted by Crippen LogP contribution is -2.24. The summed E-state index contributed by atoms with van der Waals surface area (Å²) in [6.07, 6.45) is 2.15. The summed E-state index contributed by atoms with van der Waals surface area (Å²) < 4.78 is 9.33. The van der Waals surface area contributed by atoms with Crippen LogP contribution in [0.3, 0.4) is 0 Å². The van der Waals surface area contributed by atoms with Gasteiger partial charge in [-0.25, -0.2) is 0 Å². The third kappa shape index (κ3) is 9.33. The van der Waals surface area contributed by atoms with Crippen molar-refractivity contribution < 1.29 is 23.9 Å². The molecule has 0 N–H and O–H groups in total. The number of ether oxygens (including phenoxy) is 2. The van der Waals surface area contributed by atoms with E-state index in [4.69, 9.17) is 4.74 Å². The molecule has 2 rings (SSSR count). The van der Waals surface area contributed by atoms with Gasteiger partial charge in [-0.05, 0) is 43.9 Å². The van der Waals surface area contributed by atoms with Gasteiger partial charge in [0, 0.05) is 32.4 Å². The second-order valence-electron chi connectivity index (χ2n) is 5.61. The van der Waals surface area contributed by atoms with Crippen molar-refractivity contribution in [2.75, 3.05) is 33.4 Å². The minimum absolute atomic E-state index is 0.229. The highest BCUT2D eigenvalue weighted by Crippen LogP contribution is 2.18. The van der Waals surface area contributed by atoms with Gasteiger partial charge in [0.25, 0.3) is 0 Å². The number of Topliss-reactive ketones (excluding diaryl/α,β-unsaturated/α-hetero) is 1. The normalized spacial score (nSPS) is 12.3. The summed E-state index contributed by atoms with van der Waals surface area (Å²) >= 11 is 0. The van der Waals surface area contributed by atoms with Crippen LogP contribution >= 0.6 is 0 Å². The molecule has 0 unspecified atom stereocenters. The third-order valence-corrected chi connectivity index (χ3v) is 3.91. The quantitative estimate of drug-likeness (QED) is 0.329. The summed E-state index contributed by atoms with van der Waals surface area (Å²) in [6, 6.07) is 5.50. The number of nitrogens with zero attached hydrogens (tertiary/aromatic N) is 1. The average molecular weight is 379 g/mol. The standard InChI is InChI=1S/C16H19NO4.C3H8O.C2H6/c1-2-21-16(20)10-15(19)14-4-3-12-5-7-17(11-18)8-6-13(12)9-14;1-3-4-2;1-2/h3-4,9,11H,2,5-8,10H2,1H3;3H2,1-2H3;1-2H3. The number of methoxy groups -OCH3 is 1. The molecule has 1 aliphatic heterocycles. The van der Waals surface area contributed by atoms with Gasteiger partial charge in [-0.2, -0.15) is 0 Å². The number of rotatable bonds is 6. The van der Waals surface area contributed by atoms with E-state index in [-0.39, 0.29) is 18.8 Å². The first kappa shape index (κ1) is 24.8. The van der Waals surface area contributed by atoms with E-state index >= 15 is 0 Å². The highest BCUT2D eigenvalue weighted by Gasteiger charge is 2.17. The van der Waals surface area contributed by atoms with Crippen molar-refractivity contribution in [2.24, 2.45) is 0 Å². The second-order valence-corrected chi connectivity index (χ2v) is 5.61. The summed E-state index contributed by atoms with van der Waals surface area (Å²) in [5.41, 5.74) is 2.77. The number of benzene rings is 1. The van der Waals surface area contributed by atoms with Crippen molar-refractivity contribution in [3.63, 3.8) is 0 Å². The Bertz CT molecular complexity index is 584. The summed E-state index contributed by atoms with van der Waals surface area (Å²) in [5.74, 6) is -0.725. The molecule has 1 aliphatic rings. The zero-order chi connectivity index (χ0) is 20.7. The van der Waals surface area contributed by atoms with Crippen LogP contribution in [0.25, 0.3) is 0 Å². The van der Waals surface area contributed by atoms with Gasteiger partial charge < -0.3 is 14.4 Å². The van der Waals surface area contributed by atoms with Gasteiger partial charge >= 0.3 is 5.97 Å². The molecule has 27 heavy (non-hydrogen) atoms. The Balaban J connectivity index is 0.000000998. The number of hydrogen-bond acceptors (Lipinski definition) is 5. The Labute approximate surface area is 162 Å². The molecular weight excluding hydrogens is 346 g/mol. The molecule has 1 aromatic carbocycles. The zero-order valence-electron chi connectivity index (χ0n) is 17.2. The van der Waals surface area contributed by atoms with Gasteiger partial charge in [0.1, 0.15) is 6.42 Å². The molecule has 0 bridgehead atoms. The number of carbonyl (C=O) groups is 3. The lowest BCUT2D eigenvalue weighted by Gasteiger charge is -2.12. The molecule has 152 valence electrons. The Hall–Kier alpha value is -2.21. The topological polar surface area (TPSA) is 72.9 Å². The van der Waals surface area contributed by atoms with Gasteiger partial charge in [0.15, 0.2) is 5.78 Å². The van der Waals surface area contributed by atoms with Gasteiger partial charge in [-0.15, -0.1) is 0 Å². The maximum absolute atomic E-state index is 12.1. The van der Waals surface area contributed by atoms with E-state index in [0.29, 0.717) is 18.7 Å². The number of ketones is 1. The van der Waals surface area contributed by atoms with Crippen molar-refractivity contribution in [3.8, 4) is 0 Å². The smallest absolute Gasteiger partial charge is 0.313 e. The maximum Gasteiger partial charge on any atom is 0.313 e. The second kappa shape index (κ2) is 14.9. The molecule has 1 amide bonds. The van der Waals surface area contributed by atoms with Crippen LogP contribution in [0.4, 0.5) is 0 Å². The van der Waals surface area contributed by atoms with Crippen molar-refractivity contribution in [1.29, 1.82) is 0 Å². The van der Waals surface area contributed by atoms with Crippen LogP contribution in [0.1, 0.15) is 55.6 Å². The molecule has 0 radical (unpaired) electrons. The fourth-order valence-corrected chi connectivity index (χ4v) is 2.47. The van der Waals surface area contributed by atoms with Crippen LogP contribution in [0.2, 0.25) is 0 Å². The van der Waals surface area contributed by atoms with Crippen molar-refractivity contribution in [2.45, 2.75) is 47.0 Å². The SMILES string of the molecule is CC.CCOC.CCOC(=O)CC(=O)c1ccc2c(c1)CCN(C=O)CC2. The van der Waals surface area contributed by atoms with Crippen LogP contribution in [-0.4, -0.2) is 56.5 Å². The van der Waals surface area contributed by atoms with Gasteiger partial charge in [-0.3, -0.25) is 14.4 Å². The molecule has 0 fully saturated rings. The minimum Gasteiger partial charge on any atom is -0.466 e. The highest BCUT2D eigenvalue weighted by molar-refractivity contribution is 6.06. The van der Waals surface area contributed by atoms with E-state index in [0.717, 1.165) is 37.0 Å². The third-order valence-electron chi connectivity index (χ3n) is 3.91. The summed E-state index contributed by atoms with van der Waals surface area (Å²) in [6.45, 7) is 10.1. The van der Waals surface area contributed by atoms with Crippen molar-refractivity contribution in [1.82, 2.24) is 4.90 Å². The number of esters is 1. The Morgan fingerprint density at radius 2 is 1.67 bits per heavy atom. The Morgan fingerprint density at radius 3 is 2.19 bits per heavy atom. The van der Waals surface area contributed by atoms with E-state index in [9.17, 15) is 14.4 Å². The first-order valence-corrected chi connectivity index (χ1v) is 9.54. The predicted molar refractivity (Wildman–Crippen MR) is 106 cm³/mol. The molecule has 1 heterocycles. The van der Waals surface area contributed by atoms with Gasteiger partial charge in [0.2, 0.25) is 6.41 Å². The molecule has 0 saturated heterocycles. The van der Waals surface area contributed by atoms with E-state index in [1.54, 1.807) is 25.0 Å². The van der Waals surface area contributed by atoms with Crippen LogP contribution < -0.4 is 0 Å². The average Bonchev–Trinajstić information content (AvgIpc) is 2.91. The first-order chi connectivity index (χ1) is 13.0. The first-order valence-electron chi connectivity index (χ1n) is 9.54. The Kier molecular flexibility index (Phi) is 13.7. The van der Waals surface area contributed by atoms with Crippen LogP contribution in [0.5, 0.6) is 0 Å².